The summed E-state index contributed by atoms with van der Waals surface area (Å²) in [5.74, 6) is 1.27. The van der Waals surface area contributed by atoms with Gasteiger partial charge in [0.2, 0.25) is 0 Å². The van der Waals surface area contributed by atoms with Crippen molar-refractivity contribution in [3.8, 4) is 12.3 Å². The summed E-state index contributed by atoms with van der Waals surface area (Å²) in [6, 6.07) is -1.31. The maximum atomic E-state index is 11.4. The highest BCUT2D eigenvalue weighted by Gasteiger charge is 2.20. The van der Waals surface area contributed by atoms with Gasteiger partial charge in [-0.25, -0.2) is 9.59 Å². The molecule has 0 radical (unpaired) electrons. The number of rotatable bonds is 5. The molecule has 0 aliphatic carbocycles. The lowest BCUT2D eigenvalue weighted by Crippen LogP contribution is -2.46. The number of carboxylic acids is 1. The Morgan fingerprint density at radius 3 is 2.60 bits per heavy atom. The molecule has 1 atom stereocenters. The molecular weight excluding hydrogens is 196 g/mol. The summed E-state index contributed by atoms with van der Waals surface area (Å²) < 4.78 is 0. The second-order valence-electron chi connectivity index (χ2n) is 3.19. The van der Waals surface area contributed by atoms with Crippen LogP contribution in [0.2, 0.25) is 0 Å². The molecule has 0 bridgehead atoms. The fourth-order valence-electron chi connectivity index (χ4n) is 1.01. The van der Waals surface area contributed by atoms with Crippen LogP contribution in [0, 0.1) is 12.3 Å². The van der Waals surface area contributed by atoms with Gasteiger partial charge in [-0.3, -0.25) is 0 Å². The number of carbonyl (C=O) groups is 2. The van der Waals surface area contributed by atoms with Crippen molar-refractivity contribution < 1.29 is 14.7 Å². The fraction of sp³-hybridized carbons (Fsp3) is 0.600. The van der Waals surface area contributed by atoms with Crippen LogP contribution in [0.1, 0.15) is 19.8 Å². The molecule has 0 saturated heterocycles. The molecule has 0 aliphatic rings. The highest BCUT2D eigenvalue weighted by atomic mass is 16.4. The highest BCUT2D eigenvalue weighted by Crippen LogP contribution is 1.98. The van der Waals surface area contributed by atoms with E-state index in [9.17, 15) is 9.59 Å². The normalized spacial score (nSPS) is 11.3. The SMILES string of the molecule is C#CCN(C)C(=O)N[C@@H](CCC)C(=O)O. The minimum Gasteiger partial charge on any atom is -0.480 e. The molecule has 0 aromatic carbocycles. The number of terminal acetylenes is 1. The first-order valence-electron chi connectivity index (χ1n) is 4.70. The molecule has 2 amide bonds. The summed E-state index contributed by atoms with van der Waals surface area (Å²) in [5.41, 5.74) is 0. The van der Waals surface area contributed by atoms with Gasteiger partial charge in [-0.05, 0) is 6.42 Å². The van der Waals surface area contributed by atoms with Crippen molar-refractivity contribution in [2.24, 2.45) is 0 Å². The smallest absolute Gasteiger partial charge is 0.326 e. The quantitative estimate of drug-likeness (QED) is 0.652. The van der Waals surface area contributed by atoms with Crippen LogP contribution in [0.25, 0.3) is 0 Å². The third kappa shape index (κ3) is 4.91. The second kappa shape index (κ2) is 6.71. The number of amides is 2. The van der Waals surface area contributed by atoms with Crippen LogP contribution in [0.3, 0.4) is 0 Å². The molecule has 84 valence electrons. The summed E-state index contributed by atoms with van der Waals surface area (Å²) in [6.07, 6.45) is 6.13. The van der Waals surface area contributed by atoms with Gasteiger partial charge in [-0.2, -0.15) is 0 Å². The second-order valence-corrected chi connectivity index (χ2v) is 3.19. The van der Waals surface area contributed by atoms with Crippen molar-refractivity contribution in [3.63, 3.8) is 0 Å². The maximum absolute atomic E-state index is 11.4. The van der Waals surface area contributed by atoms with Crippen molar-refractivity contribution in [3.05, 3.63) is 0 Å². The molecule has 0 heterocycles. The lowest BCUT2D eigenvalue weighted by Gasteiger charge is -2.19. The molecule has 0 saturated carbocycles. The Bertz CT molecular complexity index is 270. The Morgan fingerprint density at radius 1 is 1.60 bits per heavy atom. The fourth-order valence-corrected chi connectivity index (χ4v) is 1.01. The van der Waals surface area contributed by atoms with Crippen LogP contribution in [-0.4, -0.2) is 41.6 Å². The zero-order chi connectivity index (χ0) is 11.8. The molecule has 2 N–H and O–H groups in total. The van der Waals surface area contributed by atoms with E-state index in [0.29, 0.717) is 12.8 Å². The van der Waals surface area contributed by atoms with Gasteiger partial charge in [0, 0.05) is 7.05 Å². The Balaban J connectivity index is 4.23. The van der Waals surface area contributed by atoms with Crippen LogP contribution in [0.5, 0.6) is 0 Å². The van der Waals surface area contributed by atoms with E-state index in [1.165, 1.54) is 11.9 Å². The summed E-state index contributed by atoms with van der Waals surface area (Å²) in [7, 11) is 1.51. The topological polar surface area (TPSA) is 69.6 Å². The minimum atomic E-state index is -1.03. The monoisotopic (exact) mass is 212 g/mol. The molecule has 0 aliphatic heterocycles. The van der Waals surface area contributed by atoms with E-state index >= 15 is 0 Å². The molecule has 0 spiro atoms. The third-order valence-electron chi connectivity index (χ3n) is 1.85. The first-order valence-corrected chi connectivity index (χ1v) is 4.70. The summed E-state index contributed by atoms with van der Waals surface area (Å²) in [4.78, 5) is 23.4. The van der Waals surface area contributed by atoms with Crippen molar-refractivity contribution in [2.45, 2.75) is 25.8 Å². The van der Waals surface area contributed by atoms with E-state index in [0.717, 1.165) is 0 Å². The molecule has 0 fully saturated rings. The lowest BCUT2D eigenvalue weighted by atomic mass is 10.2. The van der Waals surface area contributed by atoms with Crippen LogP contribution in [0.4, 0.5) is 4.79 Å². The van der Waals surface area contributed by atoms with Gasteiger partial charge in [-0.1, -0.05) is 19.3 Å². The lowest BCUT2D eigenvalue weighted by molar-refractivity contribution is -0.139. The number of carbonyl (C=O) groups excluding carboxylic acids is 1. The number of hydrogen-bond acceptors (Lipinski definition) is 2. The third-order valence-corrected chi connectivity index (χ3v) is 1.85. The Labute approximate surface area is 89.4 Å². The van der Waals surface area contributed by atoms with Crippen molar-refractivity contribution in [1.82, 2.24) is 10.2 Å². The zero-order valence-corrected chi connectivity index (χ0v) is 8.99. The van der Waals surface area contributed by atoms with Crippen molar-refractivity contribution in [2.75, 3.05) is 13.6 Å². The molecule has 0 aromatic heterocycles. The largest absolute Gasteiger partial charge is 0.480 e. The van der Waals surface area contributed by atoms with E-state index < -0.39 is 18.0 Å². The number of urea groups is 1. The molecular formula is C10H16N2O3. The van der Waals surface area contributed by atoms with E-state index in [1.807, 2.05) is 6.92 Å². The molecule has 5 heteroatoms. The molecule has 5 nitrogen and oxygen atoms in total. The molecule has 15 heavy (non-hydrogen) atoms. The van der Waals surface area contributed by atoms with Gasteiger partial charge in [0.25, 0.3) is 0 Å². The Morgan fingerprint density at radius 2 is 2.20 bits per heavy atom. The van der Waals surface area contributed by atoms with E-state index in [2.05, 4.69) is 11.2 Å². The summed E-state index contributed by atoms with van der Waals surface area (Å²) in [6.45, 7) is 2.01. The van der Waals surface area contributed by atoms with Crippen molar-refractivity contribution >= 4 is 12.0 Å². The Kier molecular flexibility index (Phi) is 5.95. The Hall–Kier alpha value is -1.70. The van der Waals surface area contributed by atoms with Gasteiger partial charge in [0.1, 0.15) is 6.04 Å². The standard InChI is InChI=1S/C10H16N2O3/c1-4-6-8(9(13)14)11-10(15)12(3)7-5-2/h2,8H,4,6-7H2,1,3H3,(H,11,15)(H,13,14)/t8-/m0/s1. The van der Waals surface area contributed by atoms with Gasteiger partial charge in [0.15, 0.2) is 0 Å². The number of nitrogens with zero attached hydrogens (tertiary/aromatic N) is 1. The maximum Gasteiger partial charge on any atom is 0.326 e. The summed E-state index contributed by atoms with van der Waals surface area (Å²) in [5, 5.41) is 11.2. The van der Waals surface area contributed by atoms with Crippen LogP contribution in [-0.2, 0) is 4.79 Å². The van der Waals surface area contributed by atoms with Gasteiger partial charge < -0.3 is 15.3 Å². The number of hydrogen-bond donors (Lipinski definition) is 2. The minimum absolute atomic E-state index is 0.157. The first-order chi connectivity index (χ1) is 7.02. The molecule has 0 rings (SSSR count). The van der Waals surface area contributed by atoms with Crippen LogP contribution in [0.15, 0.2) is 0 Å². The zero-order valence-electron chi connectivity index (χ0n) is 8.99. The molecule has 0 aromatic rings. The van der Waals surface area contributed by atoms with Gasteiger partial charge in [-0.15, -0.1) is 6.42 Å². The first kappa shape index (κ1) is 13.3. The summed E-state index contributed by atoms with van der Waals surface area (Å²) >= 11 is 0. The number of nitrogens with one attached hydrogen (secondary N) is 1. The average Bonchev–Trinajstić information content (AvgIpc) is 2.17. The predicted octanol–water partition coefficient (Wildman–Crippen LogP) is 0.514. The van der Waals surface area contributed by atoms with E-state index in [4.69, 9.17) is 11.5 Å². The van der Waals surface area contributed by atoms with E-state index in [1.54, 1.807) is 0 Å². The van der Waals surface area contributed by atoms with Crippen molar-refractivity contribution in [1.29, 1.82) is 0 Å². The van der Waals surface area contributed by atoms with Crippen LogP contribution < -0.4 is 5.32 Å². The number of carboxylic acid groups (broad SMARTS) is 1. The van der Waals surface area contributed by atoms with Gasteiger partial charge in [0.05, 0.1) is 6.54 Å². The van der Waals surface area contributed by atoms with Crippen LogP contribution >= 0.6 is 0 Å². The molecule has 0 unspecified atom stereocenters. The number of aliphatic carboxylic acids is 1. The van der Waals surface area contributed by atoms with Gasteiger partial charge >= 0.3 is 12.0 Å². The predicted molar refractivity (Wildman–Crippen MR) is 56.3 cm³/mol. The highest BCUT2D eigenvalue weighted by molar-refractivity contribution is 5.82. The van der Waals surface area contributed by atoms with E-state index in [-0.39, 0.29) is 6.54 Å². The average molecular weight is 212 g/mol.